The van der Waals surface area contributed by atoms with Crippen molar-refractivity contribution in [1.82, 2.24) is 0 Å². The Bertz CT molecular complexity index is 733. The Balaban J connectivity index is 2.48. The molecule has 0 aliphatic rings. The highest BCUT2D eigenvalue weighted by Gasteiger charge is 2.26. The van der Waals surface area contributed by atoms with Crippen molar-refractivity contribution in [1.29, 1.82) is 0 Å². The van der Waals surface area contributed by atoms with Gasteiger partial charge in [-0.25, -0.2) is 0 Å². The number of hydrogen-bond donors (Lipinski definition) is 0. The third-order valence-corrected chi connectivity index (χ3v) is 4.21. The molecule has 2 aromatic carbocycles. The lowest BCUT2D eigenvalue weighted by Crippen LogP contribution is -2.09. The summed E-state index contributed by atoms with van der Waals surface area (Å²) in [7, 11) is 2.67. The predicted molar refractivity (Wildman–Crippen MR) is 88.6 cm³/mol. The number of ketones is 1. The van der Waals surface area contributed by atoms with Crippen molar-refractivity contribution in [2.75, 3.05) is 14.2 Å². The second-order valence-electron chi connectivity index (χ2n) is 4.63. The summed E-state index contributed by atoms with van der Waals surface area (Å²) < 4.78 is 10.1. The molecular weight excluding hydrogens is 366 g/mol. The predicted octanol–water partition coefficient (Wildman–Crippen LogP) is 3.93. The van der Waals surface area contributed by atoms with Gasteiger partial charge in [-0.05, 0) is 11.6 Å². The van der Waals surface area contributed by atoms with E-state index in [1.54, 1.807) is 12.1 Å². The topological polar surface area (TPSA) is 78.7 Å². The van der Waals surface area contributed by atoms with E-state index in [0.717, 1.165) is 5.56 Å². The molecule has 2 rings (SSSR count). The van der Waals surface area contributed by atoms with Crippen molar-refractivity contribution in [3.05, 3.63) is 63.7 Å². The Morgan fingerprint density at radius 2 is 1.83 bits per heavy atom. The second-order valence-corrected chi connectivity index (χ2v) is 5.54. The zero-order valence-electron chi connectivity index (χ0n) is 12.5. The van der Waals surface area contributed by atoms with Crippen LogP contribution in [-0.4, -0.2) is 24.9 Å². The molecule has 120 valence electrons. The fraction of sp³-hybridized carbons (Fsp3) is 0.188. The molecule has 0 saturated heterocycles. The maximum Gasteiger partial charge on any atom is 0.315 e. The van der Waals surface area contributed by atoms with E-state index >= 15 is 0 Å². The molecule has 0 saturated carbocycles. The highest BCUT2D eigenvalue weighted by Crippen LogP contribution is 2.39. The molecule has 0 aliphatic carbocycles. The van der Waals surface area contributed by atoms with E-state index in [1.165, 1.54) is 26.4 Å². The molecule has 0 spiro atoms. The number of hydrogen-bond acceptors (Lipinski definition) is 5. The Kier molecular flexibility index (Phi) is 5.33. The largest absolute Gasteiger partial charge is 0.493 e. The van der Waals surface area contributed by atoms with Gasteiger partial charge in [0.25, 0.3) is 0 Å². The summed E-state index contributed by atoms with van der Waals surface area (Å²) in [6.07, 6.45) is 0. The average molecular weight is 380 g/mol. The molecule has 0 aliphatic heterocycles. The van der Waals surface area contributed by atoms with Gasteiger partial charge in [0.15, 0.2) is 11.5 Å². The Hall–Kier alpha value is -2.41. The van der Waals surface area contributed by atoms with Crippen molar-refractivity contribution in [2.24, 2.45) is 0 Å². The number of carbonyl (C=O) groups is 1. The highest BCUT2D eigenvalue weighted by molar-refractivity contribution is 9.09. The Morgan fingerprint density at radius 3 is 2.35 bits per heavy atom. The van der Waals surface area contributed by atoms with Gasteiger partial charge in [-0.15, -0.1) is 0 Å². The number of carbonyl (C=O) groups excluding carboxylic acids is 1. The number of nitro benzene ring substituents is 1. The molecule has 0 heterocycles. The molecule has 0 N–H and O–H groups in total. The number of nitro groups is 1. The molecule has 6 nitrogen and oxygen atoms in total. The van der Waals surface area contributed by atoms with Crippen LogP contribution in [0, 0.1) is 10.1 Å². The number of halogens is 1. The number of Topliss-reactive ketones (excluding diaryl/α,β-unsaturated/α-hetero) is 1. The van der Waals surface area contributed by atoms with E-state index < -0.39 is 9.75 Å². The first-order valence-corrected chi connectivity index (χ1v) is 7.54. The van der Waals surface area contributed by atoms with E-state index in [0.29, 0.717) is 0 Å². The van der Waals surface area contributed by atoms with E-state index in [4.69, 9.17) is 9.47 Å². The van der Waals surface area contributed by atoms with Crippen LogP contribution < -0.4 is 9.47 Å². The van der Waals surface area contributed by atoms with Gasteiger partial charge in [0.2, 0.25) is 5.75 Å². The van der Waals surface area contributed by atoms with E-state index in [9.17, 15) is 14.9 Å². The number of rotatable bonds is 6. The molecule has 2 aromatic rings. The van der Waals surface area contributed by atoms with Gasteiger partial charge in [-0.1, -0.05) is 46.3 Å². The zero-order valence-corrected chi connectivity index (χ0v) is 14.1. The number of ether oxygens (including phenoxy) is 2. The zero-order chi connectivity index (χ0) is 17.0. The quantitative estimate of drug-likeness (QED) is 0.328. The SMILES string of the molecule is COc1cc(C(=O)C(Br)c2ccccc2)cc([N+](=O)[O-])c1OC. The number of benzene rings is 2. The molecule has 7 heteroatoms. The van der Waals surface area contributed by atoms with Gasteiger partial charge in [-0.2, -0.15) is 0 Å². The van der Waals surface area contributed by atoms with Gasteiger partial charge in [0.1, 0.15) is 4.83 Å². The summed E-state index contributed by atoms with van der Waals surface area (Å²) in [5.74, 6) is -0.182. The summed E-state index contributed by atoms with van der Waals surface area (Å²) in [6.45, 7) is 0. The summed E-state index contributed by atoms with van der Waals surface area (Å²) in [5, 5.41) is 11.2. The van der Waals surface area contributed by atoms with Crippen molar-refractivity contribution in [3.63, 3.8) is 0 Å². The minimum atomic E-state index is -0.610. The standard InChI is InChI=1S/C16H14BrNO5/c1-22-13-9-11(8-12(18(20)21)16(13)23-2)15(19)14(17)10-6-4-3-5-7-10/h3-9,14H,1-2H3. The molecule has 0 fully saturated rings. The molecule has 0 amide bonds. The molecule has 23 heavy (non-hydrogen) atoms. The first kappa shape index (κ1) is 17.0. The molecule has 0 bridgehead atoms. The van der Waals surface area contributed by atoms with Crippen LogP contribution in [0.4, 0.5) is 5.69 Å². The third kappa shape index (κ3) is 3.50. The molecule has 0 radical (unpaired) electrons. The minimum Gasteiger partial charge on any atom is -0.493 e. The minimum absolute atomic E-state index is 0.0140. The molecular formula is C16H14BrNO5. The number of methoxy groups -OCH3 is 2. The number of alkyl halides is 1. The summed E-state index contributed by atoms with van der Waals surface area (Å²) >= 11 is 3.34. The smallest absolute Gasteiger partial charge is 0.315 e. The van der Waals surface area contributed by atoms with E-state index in [1.807, 2.05) is 18.2 Å². The van der Waals surface area contributed by atoms with Crippen LogP contribution >= 0.6 is 15.9 Å². The van der Waals surface area contributed by atoms with E-state index in [2.05, 4.69) is 15.9 Å². The highest BCUT2D eigenvalue weighted by atomic mass is 79.9. The van der Waals surface area contributed by atoms with Crippen molar-refractivity contribution < 1.29 is 19.2 Å². The summed E-state index contributed by atoms with van der Waals surface area (Å²) in [5.41, 5.74) is 0.609. The molecule has 1 unspecified atom stereocenters. The molecule has 0 aromatic heterocycles. The van der Waals surface area contributed by atoms with Gasteiger partial charge in [-0.3, -0.25) is 14.9 Å². The lowest BCUT2D eigenvalue weighted by atomic mass is 10.0. The van der Waals surface area contributed by atoms with Crippen LogP contribution in [0.1, 0.15) is 20.7 Å². The summed E-state index contributed by atoms with van der Waals surface area (Å²) in [6, 6.07) is 11.7. The van der Waals surface area contributed by atoms with Gasteiger partial charge in [0.05, 0.1) is 19.1 Å². The average Bonchev–Trinajstić information content (AvgIpc) is 2.59. The summed E-state index contributed by atoms with van der Waals surface area (Å²) in [4.78, 5) is 22.6. The van der Waals surface area contributed by atoms with E-state index in [-0.39, 0.29) is 28.5 Å². The van der Waals surface area contributed by atoms with Crippen LogP contribution in [0.25, 0.3) is 0 Å². The van der Waals surface area contributed by atoms with Crippen LogP contribution in [-0.2, 0) is 0 Å². The first-order chi connectivity index (χ1) is 11.0. The molecule has 1 atom stereocenters. The van der Waals surface area contributed by atoms with Crippen LogP contribution in [0.3, 0.4) is 0 Å². The normalized spacial score (nSPS) is 11.6. The number of nitrogens with zero attached hydrogens (tertiary/aromatic N) is 1. The van der Waals surface area contributed by atoms with Crippen LogP contribution in [0.5, 0.6) is 11.5 Å². The van der Waals surface area contributed by atoms with Crippen LogP contribution in [0.15, 0.2) is 42.5 Å². The Morgan fingerprint density at radius 1 is 1.17 bits per heavy atom. The lowest BCUT2D eigenvalue weighted by molar-refractivity contribution is -0.385. The van der Waals surface area contributed by atoms with Gasteiger partial charge < -0.3 is 9.47 Å². The fourth-order valence-corrected chi connectivity index (χ4v) is 2.71. The lowest BCUT2D eigenvalue weighted by Gasteiger charge is -2.12. The maximum absolute atomic E-state index is 12.6. The maximum atomic E-state index is 12.6. The monoisotopic (exact) mass is 379 g/mol. The van der Waals surface area contributed by atoms with Gasteiger partial charge >= 0.3 is 5.69 Å². The fourth-order valence-electron chi connectivity index (χ4n) is 2.14. The van der Waals surface area contributed by atoms with Crippen LogP contribution in [0.2, 0.25) is 0 Å². The van der Waals surface area contributed by atoms with Crippen molar-refractivity contribution >= 4 is 27.4 Å². The Labute approximate surface area is 141 Å². The van der Waals surface area contributed by atoms with Crippen molar-refractivity contribution in [3.8, 4) is 11.5 Å². The third-order valence-electron chi connectivity index (χ3n) is 3.26. The van der Waals surface area contributed by atoms with Gasteiger partial charge in [0, 0.05) is 11.6 Å². The first-order valence-electron chi connectivity index (χ1n) is 6.63. The second kappa shape index (κ2) is 7.23. The van der Waals surface area contributed by atoms with Crippen molar-refractivity contribution in [2.45, 2.75) is 4.83 Å².